The number of amides is 1. The number of piperidine rings is 1. The first-order valence-corrected chi connectivity index (χ1v) is 11.3. The molecule has 1 aromatic heterocycles. The Kier molecular flexibility index (Phi) is 8.09. The molecule has 0 aliphatic carbocycles. The highest BCUT2D eigenvalue weighted by Gasteiger charge is 2.40. The van der Waals surface area contributed by atoms with Crippen LogP contribution in [0.5, 0.6) is 5.75 Å². The lowest BCUT2D eigenvalue weighted by molar-refractivity contribution is -0.274. The molecule has 1 atom stereocenters. The second-order valence-electron chi connectivity index (χ2n) is 7.92. The van der Waals surface area contributed by atoms with Crippen molar-refractivity contribution in [3.8, 4) is 5.75 Å². The summed E-state index contributed by atoms with van der Waals surface area (Å²) in [4.78, 5) is 17.7. The number of carbonyl (C=O) groups is 1. The second kappa shape index (κ2) is 10.5. The standard InChI is InChI=1S/C21H23F6N3O3S/c1-12(13-3-2-4-15(11-13)33-21(25,26)27)28-19(32)17-18(20(22,23)24)29-16(34-17)7-10-30-8-5-14(31)6-9-30/h2-4,11-12,14,31H,5-10H2,1H3,(H,28,32). The van der Waals surface area contributed by atoms with Crippen LogP contribution < -0.4 is 10.1 Å². The van der Waals surface area contributed by atoms with E-state index in [0.29, 0.717) is 43.8 Å². The van der Waals surface area contributed by atoms with Gasteiger partial charge in [-0.1, -0.05) is 12.1 Å². The van der Waals surface area contributed by atoms with Crippen LogP contribution in [-0.4, -0.2) is 53.0 Å². The van der Waals surface area contributed by atoms with Crippen molar-refractivity contribution in [2.45, 2.75) is 50.9 Å². The number of thiazole rings is 1. The molecule has 3 rings (SSSR count). The van der Waals surface area contributed by atoms with E-state index in [9.17, 15) is 36.2 Å². The van der Waals surface area contributed by atoms with Gasteiger partial charge in [0.2, 0.25) is 0 Å². The lowest BCUT2D eigenvalue weighted by Gasteiger charge is -2.29. The summed E-state index contributed by atoms with van der Waals surface area (Å²) in [6.07, 6.45) is -8.73. The van der Waals surface area contributed by atoms with Crippen molar-refractivity contribution in [3.05, 3.63) is 45.4 Å². The largest absolute Gasteiger partial charge is 0.573 e. The van der Waals surface area contributed by atoms with Crippen LogP contribution in [0.3, 0.4) is 0 Å². The third-order valence-corrected chi connectivity index (χ3v) is 6.40. The maximum atomic E-state index is 13.5. The molecule has 2 aromatic rings. The van der Waals surface area contributed by atoms with Crippen LogP contribution >= 0.6 is 11.3 Å². The van der Waals surface area contributed by atoms with E-state index in [2.05, 4.69) is 15.0 Å². The molecule has 188 valence electrons. The normalized spacial score (nSPS) is 16.9. The van der Waals surface area contributed by atoms with Crippen LogP contribution in [-0.2, 0) is 12.6 Å². The monoisotopic (exact) mass is 511 g/mol. The maximum absolute atomic E-state index is 13.5. The molecule has 34 heavy (non-hydrogen) atoms. The molecule has 2 heterocycles. The minimum absolute atomic E-state index is 0.150. The number of aliphatic hydroxyl groups excluding tert-OH is 1. The molecule has 13 heteroatoms. The SMILES string of the molecule is CC(NC(=O)c1sc(CCN2CCC(O)CC2)nc1C(F)(F)F)c1cccc(OC(F)(F)F)c1. The van der Waals surface area contributed by atoms with Gasteiger partial charge in [0, 0.05) is 26.1 Å². The first-order chi connectivity index (χ1) is 15.8. The number of hydrogen-bond donors (Lipinski definition) is 2. The zero-order valence-electron chi connectivity index (χ0n) is 18.0. The van der Waals surface area contributed by atoms with Gasteiger partial charge in [0.05, 0.1) is 17.2 Å². The van der Waals surface area contributed by atoms with Gasteiger partial charge in [-0.05, 0) is 37.5 Å². The van der Waals surface area contributed by atoms with Gasteiger partial charge in [-0.3, -0.25) is 4.79 Å². The number of ether oxygens (including phenoxy) is 1. The topological polar surface area (TPSA) is 74.7 Å². The molecular weight excluding hydrogens is 488 g/mol. The molecular formula is C21H23F6N3O3S. The number of rotatable bonds is 7. The number of hydrogen-bond acceptors (Lipinski definition) is 6. The Morgan fingerprint density at radius 2 is 1.94 bits per heavy atom. The van der Waals surface area contributed by atoms with E-state index in [-0.39, 0.29) is 23.1 Å². The van der Waals surface area contributed by atoms with Crippen LogP contribution in [0.15, 0.2) is 24.3 Å². The molecule has 2 N–H and O–H groups in total. The number of aromatic nitrogens is 1. The fraction of sp³-hybridized carbons (Fsp3) is 0.524. The van der Waals surface area contributed by atoms with Gasteiger partial charge < -0.3 is 20.1 Å². The summed E-state index contributed by atoms with van der Waals surface area (Å²) in [5.41, 5.74) is -1.07. The maximum Gasteiger partial charge on any atom is 0.573 e. The highest BCUT2D eigenvalue weighted by molar-refractivity contribution is 7.13. The van der Waals surface area contributed by atoms with Crippen LogP contribution in [0.1, 0.15) is 51.7 Å². The van der Waals surface area contributed by atoms with Crippen LogP contribution in [0.25, 0.3) is 0 Å². The Morgan fingerprint density at radius 3 is 2.56 bits per heavy atom. The van der Waals surface area contributed by atoms with Crippen molar-refractivity contribution in [3.63, 3.8) is 0 Å². The first kappa shape index (κ1) is 26.2. The number of nitrogens with zero attached hydrogens (tertiary/aromatic N) is 2. The quantitative estimate of drug-likeness (QED) is 0.534. The number of aliphatic hydroxyl groups is 1. The van der Waals surface area contributed by atoms with Gasteiger partial charge in [-0.2, -0.15) is 13.2 Å². The van der Waals surface area contributed by atoms with Crippen LogP contribution in [0.2, 0.25) is 0 Å². The second-order valence-corrected chi connectivity index (χ2v) is 9.00. The fourth-order valence-corrected chi connectivity index (χ4v) is 4.52. The highest BCUT2D eigenvalue weighted by atomic mass is 32.1. The fourth-order valence-electron chi connectivity index (χ4n) is 3.54. The molecule has 1 aliphatic rings. The number of likely N-dealkylation sites (tertiary alicyclic amines) is 1. The third kappa shape index (κ3) is 7.31. The molecule has 0 saturated carbocycles. The first-order valence-electron chi connectivity index (χ1n) is 10.5. The third-order valence-electron chi connectivity index (χ3n) is 5.28. The van der Waals surface area contributed by atoms with Gasteiger partial charge in [0.1, 0.15) is 10.6 Å². The lowest BCUT2D eigenvalue weighted by atomic mass is 10.1. The van der Waals surface area contributed by atoms with E-state index in [0.717, 1.165) is 12.1 Å². The van der Waals surface area contributed by atoms with E-state index >= 15 is 0 Å². The minimum Gasteiger partial charge on any atom is -0.406 e. The van der Waals surface area contributed by atoms with Crippen LogP contribution in [0.4, 0.5) is 26.3 Å². The van der Waals surface area contributed by atoms with Crippen molar-refractivity contribution in [2.75, 3.05) is 19.6 Å². The Hall–Kier alpha value is -2.38. The molecule has 1 amide bonds. The van der Waals surface area contributed by atoms with Crippen molar-refractivity contribution in [1.82, 2.24) is 15.2 Å². The molecule has 1 saturated heterocycles. The van der Waals surface area contributed by atoms with Gasteiger partial charge in [-0.15, -0.1) is 24.5 Å². The Morgan fingerprint density at radius 1 is 1.26 bits per heavy atom. The molecule has 0 radical (unpaired) electrons. The highest BCUT2D eigenvalue weighted by Crippen LogP contribution is 2.35. The summed E-state index contributed by atoms with van der Waals surface area (Å²) in [5, 5.41) is 12.1. The molecule has 1 aromatic carbocycles. The molecule has 0 spiro atoms. The van der Waals surface area contributed by atoms with Crippen molar-refractivity contribution >= 4 is 17.2 Å². The number of halogens is 6. The molecule has 1 fully saturated rings. The zero-order valence-corrected chi connectivity index (χ0v) is 18.9. The summed E-state index contributed by atoms with van der Waals surface area (Å²) >= 11 is 0.639. The summed E-state index contributed by atoms with van der Waals surface area (Å²) in [5.74, 6) is -1.53. The number of nitrogens with one attached hydrogen (secondary N) is 1. The number of carbonyl (C=O) groups excluding carboxylic acids is 1. The van der Waals surface area contributed by atoms with E-state index in [1.165, 1.54) is 19.1 Å². The Balaban J connectivity index is 1.71. The lowest BCUT2D eigenvalue weighted by Crippen LogP contribution is -2.37. The zero-order chi connectivity index (χ0) is 25.1. The molecule has 6 nitrogen and oxygen atoms in total. The predicted molar refractivity (Wildman–Crippen MR) is 112 cm³/mol. The van der Waals surface area contributed by atoms with E-state index in [1.54, 1.807) is 0 Å². The van der Waals surface area contributed by atoms with Crippen LogP contribution in [0, 0.1) is 0 Å². The summed E-state index contributed by atoms with van der Waals surface area (Å²) in [6.45, 7) is 3.13. The average Bonchev–Trinajstić information content (AvgIpc) is 3.17. The van der Waals surface area contributed by atoms with Crippen molar-refractivity contribution < 1.29 is 41.0 Å². The minimum atomic E-state index is -4.90. The molecule has 1 aliphatic heterocycles. The number of alkyl halides is 6. The predicted octanol–water partition coefficient (Wildman–Crippen LogP) is 4.55. The van der Waals surface area contributed by atoms with Gasteiger partial charge in [0.15, 0.2) is 5.69 Å². The van der Waals surface area contributed by atoms with E-state index in [1.807, 2.05) is 4.90 Å². The average molecular weight is 511 g/mol. The van der Waals surface area contributed by atoms with Crippen molar-refractivity contribution in [1.29, 1.82) is 0 Å². The summed E-state index contributed by atoms with van der Waals surface area (Å²) < 4.78 is 81.8. The summed E-state index contributed by atoms with van der Waals surface area (Å²) in [7, 11) is 0. The van der Waals surface area contributed by atoms with Gasteiger partial charge >= 0.3 is 12.5 Å². The van der Waals surface area contributed by atoms with E-state index in [4.69, 9.17) is 0 Å². The van der Waals surface area contributed by atoms with Gasteiger partial charge in [-0.25, -0.2) is 4.98 Å². The smallest absolute Gasteiger partial charge is 0.406 e. The Labute approximate surface area is 195 Å². The van der Waals surface area contributed by atoms with E-state index < -0.39 is 40.8 Å². The van der Waals surface area contributed by atoms with Gasteiger partial charge in [0.25, 0.3) is 5.91 Å². The molecule has 0 bridgehead atoms. The Bertz CT molecular complexity index is 987. The number of benzene rings is 1. The summed E-state index contributed by atoms with van der Waals surface area (Å²) in [6, 6.07) is 3.94. The van der Waals surface area contributed by atoms with Crippen molar-refractivity contribution in [2.24, 2.45) is 0 Å². The molecule has 1 unspecified atom stereocenters.